The van der Waals surface area contributed by atoms with Gasteiger partial charge >= 0.3 is 24.0 Å². The highest BCUT2D eigenvalue weighted by atomic mass is 16.6. The lowest BCUT2D eigenvalue weighted by Crippen LogP contribution is -2.81. The van der Waals surface area contributed by atoms with Gasteiger partial charge in [0, 0.05) is 38.0 Å². The zero-order valence-corrected chi connectivity index (χ0v) is 37.7. The number of ketones is 1. The maximum atomic E-state index is 15.6. The Morgan fingerprint density at radius 1 is 0.935 bits per heavy atom. The topological polar surface area (TPSA) is 193 Å². The number of aliphatic hydroxyl groups excluding tert-OH is 1. The van der Waals surface area contributed by atoms with Crippen LogP contribution in [0.2, 0.25) is 0 Å². The molecule has 0 aromatic heterocycles. The summed E-state index contributed by atoms with van der Waals surface area (Å²) in [4.78, 5) is 70.0. The predicted molar refractivity (Wildman–Crippen MR) is 225 cm³/mol. The molecule has 11 atom stereocenters. The lowest BCUT2D eigenvalue weighted by molar-refractivity contribution is -0.351. The molecule has 0 spiro atoms. The summed E-state index contributed by atoms with van der Waals surface area (Å²) in [5.41, 5.74) is -5.89. The van der Waals surface area contributed by atoms with E-state index in [1.807, 2.05) is 50.2 Å². The number of rotatable bonds is 11. The highest BCUT2D eigenvalue weighted by Gasteiger charge is 2.77. The number of ether oxygens (including phenoxy) is 6. The van der Waals surface area contributed by atoms with Gasteiger partial charge in [0.2, 0.25) is 0 Å². The molecule has 1 amide bonds. The first-order valence-electron chi connectivity index (χ1n) is 21.4. The molecule has 3 fully saturated rings. The van der Waals surface area contributed by atoms with Gasteiger partial charge in [-0.3, -0.25) is 19.2 Å². The number of carbonyl (C=O) groups is 5. The summed E-state index contributed by atoms with van der Waals surface area (Å²) in [5, 5.41) is 28.9. The molecule has 2 aromatic rings. The lowest BCUT2D eigenvalue weighted by Gasteiger charge is -2.67. The number of nitrogens with one attached hydrogen (secondary N) is 1. The summed E-state index contributed by atoms with van der Waals surface area (Å²) in [6.07, 6.45) is -7.73. The minimum absolute atomic E-state index is 0.0667. The van der Waals surface area contributed by atoms with E-state index in [9.17, 15) is 29.4 Å². The Kier molecular flexibility index (Phi) is 13.0. The van der Waals surface area contributed by atoms with Crippen molar-refractivity contribution in [1.82, 2.24) is 5.32 Å². The second-order valence-electron chi connectivity index (χ2n) is 19.5. The van der Waals surface area contributed by atoms with E-state index in [1.54, 1.807) is 72.7 Å². The van der Waals surface area contributed by atoms with Crippen LogP contribution in [-0.4, -0.2) is 93.9 Å². The summed E-state index contributed by atoms with van der Waals surface area (Å²) >= 11 is 0. The Morgan fingerprint density at radius 2 is 1.55 bits per heavy atom. The molecule has 62 heavy (non-hydrogen) atoms. The van der Waals surface area contributed by atoms with E-state index in [4.69, 9.17) is 28.4 Å². The van der Waals surface area contributed by atoms with E-state index in [-0.39, 0.29) is 31.6 Å². The molecule has 14 nitrogen and oxygen atoms in total. The van der Waals surface area contributed by atoms with Gasteiger partial charge in [-0.2, -0.15) is 0 Å². The summed E-state index contributed by atoms with van der Waals surface area (Å²) in [6.45, 7) is 17.7. The van der Waals surface area contributed by atoms with Gasteiger partial charge in [0.25, 0.3) is 0 Å². The molecular formula is C48H63NO13. The van der Waals surface area contributed by atoms with Crippen LogP contribution in [0.15, 0.2) is 71.8 Å². The Hall–Kier alpha value is -4.63. The van der Waals surface area contributed by atoms with Gasteiger partial charge in [0.1, 0.15) is 23.4 Å². The Bertz CT molecular complexity index is 2060. The molecule has 0 unspecified atom stereocenters. The van der Waals surface area contributed by atoms with Crippen molar-refractivity contribution in [1.29, 1.82) is 0 Å². The van der Waals surface area contributed by atoms with Gasteiger partial charge in [-0.15, -0.1) is 0 Å². The van der Waals surface area contributed by atoms with Crippen molar-refractivity contribution < 1.29 is 62.6 Å². The maximum absolute atomic E-state index is 15.6. The van der Waals surface area contributed by atoms with Crippen molar-refractivity contribution in [3.05, 3.63) is 82.9 Å². The normalized spacial score (nSPS) is 32.4. The molecule has 6 rings (SSSR count). The average molecular weight is 862 g/mol. The first kappa shape index (κ1) is 46.9. The molecular weight excluding hydrogens is 799 g/mol. The van der Waals surface area contributed by atoms with Gasteiger partial charge in [0.15, 0.2) is 17.5 Å². The van der Waals surface area contributed by atoms with Crippen molar-refractivity contribution >= 4 is 29.8 Å². The number of esters is 3. The predicted octanol–water partition coefficient (Wildman–Crippen LogP) is 6.10. The minimum atomic E-state index is -2.09. The molecule has 2 bridgehead atoms. The average Bonchev–Trinajstić information content (AvgIpc) is 3.17. The smallest absolute Gasteiger partial charge is 0.408 e. The SMILES string of the molecule is CC(=O)O[C@H]1C(=O)[C@@]2(C)[C@H]([C@H](OCc3ccccc3)[C@]3(O)C[C@H](OC(=O)[C@H](C(C)C)[C@H](NC(=O)OC(C)(C)C)c4ccccc4)C(C)=C1C3(C)C)[C@]1(OC(C)=O)CO[C@H]1C[C@@H]2O. The van der Waals surface area contributed by atoms with E-state index in [0.29, 0.717) is 11.1 Å². The third-order valence-corrected chi connectivity index (χ3v) is 13.7. The number of alkyl carbamates (subject to hydrolysis) is 1. The molecule has 14 heteroatoms. The molecule has 2 aromatic carbocycles. The highest BCUT2D eigenvalue weighted by molar-refractivity contribution is 5.95. The van der Waals surface area contributed by atoms with Crippen LogP contribution in [0.25, 0.3) is 0 Å². The van der Waals surface area contributed by atoms with Gasteiger partial charge in [0.05, 0.1) is 42.8 Å². The molecule has 1 aliphatic heterocycles. The van der Waals surface area contributed by atoms with E-state index < -0.39 is 112 Å². The molecule has 1 heterocycles. The molecule has 2 saturated carbocycles. The molecule has 1 saturated heterocycles. The first-order valence-corrected chi connectivity index (χ1v) is 21.4. The number of carbonyl (C=O) groups excluding carboxylic acids is 5. The van der Waals surface area contributed by atoms with E-state index in [1.165, 1.54) is 6.92 Å². The van der Waals surface area contributed by atoms with Crippen LogP contribution >= 0.6 is 0 Å². The fourth-order valence-electron chi connectivity index (χ4n) is 10.6. The molecule has 338 valence electrons. The van der Waals surface area contributed by atoms with Gasteiger partial charge < -0.3 is 44.0 Å². The van der Waals surface area contributed by atoms with Crippen molar-refractivity contribution in [2.24, 2.45) is 28.6 Å². The fraction of sp³-hybridized carbons (Fsp3) is 0.604. The molecule has 4 aliphatic rings. The van der Waals surface area contributed by atoms with E-state index >= 15 is 4.79 Å². The van der Waals surface area contributed by atoms with Crippen molar-refractivity contribution in [2.75, 3.05) is 6.61 Å². The third kappa shape index (κ3) is 8.31. The quantitative estimate of drug-likeness (QED) is 0.133. The number of hydrogen-bond donors (Lipinski definition) is 3. The Labute approximate surface area is 364 Å². The van der Waals surface area contributed by atoms with Crippen LogP contribution < -0.4 is 5.32 Å². The van der Waals surface area contributed by atoms with Crippen LogP contribution in [0.5, 0.6) is 0 Å². The van der Waals surface area contributed by atoms with Crippen molar-refractivity contribution in [2.45, 2.75) is 149 Å². The van der Waals surface area contributed by atoms with Crippen LogP contribution in [0.1, 0.15) is 106 Å². The third-order valence-electron chi connectivity index (χ3n) is 13.7. The monoisotopic (exact) mass is 861 g/mol. The van der Waals surface area contributed by atoms with Gasteiger partial charge in [-0.1, -0.05) is 88.4 Å². The Balaban J connectivity index is 1.54. The summed E-state index contributed by atoms with van der Waals surface area (Å²) in [7, 11) is 0. The number of fused-ring (bicyclic) bond motifs is 5. The molecule has 3 aliphatic carbocycles. The number of hydrogen-bond acceptors (Lipinski definition) is 13. The number of aliphatic hydroxyl groups is 2. The maximum Gasteiger partial charge on any atom is 0.408 e. The van der Waals surface area contributed by atoms with E-state index in [2.05, 4.69) is 5.32 Å². The fourth-order valence-corrected chi connectivity index (χ4v) is 10.6. The number of Topliss-reactive ketones (excluding diaryl/α,β-unsaturated/α-hetero) is 1. The zero-order chi connectivity index (χ0) is 45.7. The summed E-state index contributed by atoms with van der Waals surface area (Å²) < 4.78 is 37.2. The van der Waals surface area contributed by atoms with Gasteiger partial charge in [-0.05, 0) is 62.8 Å². The first-order chi connectivity index (χ1) is 28.9. The van der Waals surface area contributed by atoms with Crippen LogP contribution in [0, 0.1) is 28.6 Å². The van der Waals surface area contributed by atoms with Crippen LogP contribution in [0.4, 0.5) is 4.79 Å². The second-order valence-corrected chi connectivity index (χ2v) is 19.5. The van der Waals surface area contributed by atoms with Crippen molar-refractivity contribution in [3.63, 3.8) is 0 Å². The van der Waals surface area contributed by atoms with Gasteiger partial charge in [-0.25, -0.2) is 4.79 Å². The van der Waals surface area contributed by atoms with E-state index in [0.717, 1.165) is 12.5 Å². The molecule has 3 N–H and O–H groups in total. The van der Waals surface area contributed by atoms with Crippen molar-refractivity contribution in [3.8, 4) is 0 Å². The van der Waals surface area contributed by atoms with Crippen LogP contribution in [0.3, 0.4) is 0 Å². The Morgan fingerprint density at radius 3 is 2.08 bits per heavy atom. The summed E-state index contributed by atoms with van der Waals surface area (Å²) in [6, 6.07) is 17.3. The number of amides is 1. The number of benzene rings is 2. The highest BCUT2D eigenvalue weighted by Crippen LogP contribution is 2.64. The van der Waals surface area contributed by atoms with Crippen LogP contribution in [-0.2, 0) is 54.2 Å². The minimum Gasteiger partial charge on any atom is -0.457 e. The lowest BCUT2D eigenvalue weighted by atomic mass is 9.44. The summed E-state index contributed by atoms with van der Waals surface area (Å²) in [5.74, 6) is -5.57. The molecule has 0 radical (unpaired) electrons. The second kappa shape index (κ2) is 17.2. The largest absolute Gasteiger partial charge is 0.457 e. The standard InChI is InChI=1S/C48H63NO13/c1-26(2)35(37(31-20-16-13-17-21-31)49-43(55)62-44(6,7)8)42(54)60-32-23-48(56)41(57-24-30-18-14-12-15-19-30)39-46(11,33(52)22-34-47(39,25-58-34)61-29(5)51)40(53)38(59-28(4)50)36(27(32)3)45(48,9)10/h12-21,26,32-35,37-39,41,52,56H,22-25H2,1-11H3,(H,49,55)/t32-,33-,34-,35+,37+,38+,39-,41-,46+,47-,48+/m0/s1. The zero-order valence-electron chi connectivity index (χ0n) is 37.7.